The van der Waals surface area contributed by atoms with Crippen LogP contribution in [-0.4, -0.2) is 54.1 Å². The Labute approximate surface area is 128 Å². The van der Waals surface area contributed by atoms with Gasteiger partial charge in [-0.15, -0.1) is 11.3 Å². The van der Waals surface area contributed by atoms with Crippen molar-refractivity contribution in [2.75, 3.05) is 19.1 Å². The van der Waals surface area contributed by atoms with E-state index in [9.17, 15) is 13.2 Å². The van der Waals surface area contributed by atoms with Crippen LogP contribution in [0.1, 0.15) is 22.3 Å². The number of aromatic nitrogens is 2. The summed E-state index contributed by atoms with van der Waals surface area (Å²) in [5.74, 6) is -0.201. The van der Waals surface area contributed by atoms with E-state index < -0.39 is 9.84 Å². The number of sulfone groups is 1. The first-order valence-corrected chi connectivity index (χ1v) is 9.36. The lowest BCUT2D eigenvalue weighted by molar-refractivity contribution is 0.0762. The minimum atomic E-state index is -3.12. The van der Waals surface area contributed by atoms with Gasteiger partial charge >= 0.3 is 0 Å². The number of hydrogen-bond donors (Lipinski definition) is 0. The smallest absolute Gasteiger partial charge is 0.264 e. The van der Waals surface area contributed by atoms with Gasteiger partial charge in [0.15, 0.2) is 0 Å². The van der Waals surface area contributed by atoms with Crippen LogP contribution in [0, 0.1) is 6.92 Å². The van der Waals surface area contributed by atoms with Crippen LogP contribution in [0.25, 0.3) is 10.2 Å². The fourth-order valence-electron chi connectivity index (χ4n) is 2.23. The molecule has 0 saturated heterocycles. The summed E-state index contributed by atoms with van der Waals surface area (Å²) < 4.78 is 24.5. The zero-order chi connectivity index (χ0) is 15.9. The van der Waals surface area contributed by atoms with Crippen LogP contribution in [0.5, 0.6) is 0 Å². The van der Waals surface area contributed by atoms with Gasteiger partial charge in [0.1, 0.15) is 14.7 Å². The summed E-state index contributed by atoms with van der Waals surface area (Å²) in [5, 5.41) is 5.27. The van der Waals surface area contributed by atoms with Gasteiger partial charge in [0.05, 0.1) is 16.3 Å². The lowest BCUT2D eigenvalue weighted by atomic mass is 10.2. The van der Waals surface area contributed by atoms with E-state index in [-0.39, 0.29) is 17.7 Å². The molecule has 2 rings (SSSR count). The topological polar surface area (TPSA) is 72.3 Å². The molecule has 0 aliphatic carbocycles. The van der Waals surface area contributed by atoms with Crippen molar-refractivity contribution in [1.29, 1.82) is 0 Å². The van der Waals surface area contributed by atoms with Gasteiger partial charge in [0.25, 0.3) is 5.91 Å². The maximum atomic E-state index is 12.5. The molecule has 6 nitrogen and oxygen atoms in total. The van der Waals surface area contributed by atoms with E-state index in [1.807, 2.05) is 20.0 Å². The predicted octanol–water partition coefficient (Wildman–Crippen LogP) is 1.45. The third-order valence-corrected chi connectivity index (χ3v) is 5.71. The maximum absolute atomic E-state index is 12.5. The van der Waals surface area contributed by atoms with Crippen molar-refractivity contribution in [2.24, 2.45) is 7.05 Å². The Bertz CT molecular complexity index is 755. The molecule has 2 heterocycles. The first kappa shape index (κ1) is 16.0. The molecular weight excluding hydrogens is 310 g/mol. The first-order valence-electron chi connectivity index (χ1n) is 6.48. The molecule has 116 valence electrons. The number of carbonyl (C=O) groups is 1. The lowest BCUT2D eigenvalue weighted by Gasteiger charge is -2.23. The summed E-state index contributed by atoms with van der Waals surface area (Å²) >= 11 is 1.38. The summed E-state index contributed by atoms with van der Waals surface area (Å²) in [6.07, 6.45) is 1.18. The zero-order valence-electron chi connectivity index (χ0n) is 12.7. The molecule has 2 aromatic rings. The number of carbonyl (C=O) groups excluding carboxylic acids is 1. The Morgan fingerprint density at radius 2 is 2.14 bits per heavy atom. The van der Waals surface area contributed by atoms with Crippen molar-refractivity contribution < 1.29 is 13.2 Å². The molecule has 0 saturated carbocycles. The number of fused-ring (bicyclic) bond motifs is 1. The van der Waals surface area contributed by atoms with E-state index in [4.69, 9.17) is 0 Å². The van der Waals surface area contributed by atoms with E-state index in [2.05, 4.69) is 5.10 Å². The Morgan fingerprint density at radius 3 is 2.67 bits per heavy atom. The number of thiophene rings is 1. The van der Waals surface area contributed by atoms with Gasteiger partial charge in [-0.1, -0.05) is 0 Å². The Morgan fingerprint density at radius 1 is 1.52 bits per heavy atom. The highest BCUT2D eigenvalue weighted by molar-refractivity contribution is 7.90. The van der Waals surface area contributed by atoms with Crippen LogP contribution in [0.3, 0.4) is 0 Å². The largest absolute Gasteiger partial charge is 0.337 e. The highest BCUT2D eigenvalue weighted by Gasteiger charge is 2.23. The highest BCUT2D eigenvalue weighted by Crippen LogP contribution is 2.28. The van der Waals surface area contributed by atoms with E-state index in [1.54, 1.807) is 18.7 Å². The van der Waals surface area contributed by atoms with Crippen molar-refractivity contribution in [3.8, 4) is 0 Å². The lowest BCUT2D eigenvalue weighted by Crippen LogP contribution is -2.38. The molecule has 8 heteroatoms. The summed E-state index contributed by atoms with van der Waals surface area (Å²) in [6, 6.07) is 1.46. The van der Waals surface area contributed by atoms with Crippen molar-refractivity contribution >= 4 is 37.3 Å². The molecular formula is C13H19N3O3S2. The monoisotopic (exact) mass is 329 g/mol. The van der Waals surface area contributed by atoms with Crippen molar-refractivity contribution in [3.05, 3.63) is 16.6 Å². The average molecular weight is 329 g/mol. The van der Waals surface area contributed by atoms with Gasteiger partial charge in [0, 0.05) is 31.8 Å². The van der Waals surface area contributed by atoms with Crippen LogP contribution in [0.4, 0.5) is 0 Å². The second kappa shape index (κ2) is 5.42. The fourth-order valence-corrected chi connectivity index (χ4v) is 4.44. The summed E-state index contributed by atoms with van der Waals surface area (Å²) in [4.78, 5) is 15.5. The number of hydrogen-bond acceptors (Lipinski definition) is 5. The van der Waals surface area contributed by atoms with Gasteiger partial charge in [-0.2, -0.15) is 5.10 Å². The normalized spacial score (nSPS) is 13.6. The number of aryl methyl sites for hydroxylation is 2. The molecule has 0 aliphatic heterocycles. The number of nitrogens with zero attached hydrogens (tertiary/aromatic N) is 3. The minimum Gasteiger partial charge on any atom is -0.337 e. The molecule has 0 radical (unpaired) electrons. The van der Waals surface area contributed by atoms with Gasteiger partial charge in [-0.05, 0) is 19.9 Å². The Kier molecular flexibility index (Phi) is 4.12. The van der Waals surface area contributed by atoms with Gasteiger partial charge < -0.3 is 4.90 Å². The van der Waals surface area contributed by atoms with Crippen LogP contribution in [0.2, 0.25) is 0 Å². The van der Waals surface area contributed by atoms with E-state index in [1.165, 1.54) is 22.5 Å². The summed E-state index contributed by atoms with van der Waals surface area (Å²) in [6.45, 7) is 3.64. The second-order valence-electron chi connectivity index (χ2n) is 5.40. The molecule has 0 aromatic carbocycles. The first-order chi connectivity index (χ1) is 9.60. The predicted molar refractivity (Wildman–Crippen MR) is 84.6 cm³/mol. The van der Waals surface area contributed by atoms with Crippen LogP contribution < -0.4 is 0 Å². The molecule has 0 spiro atoms. The molecule has 1 amide bonds. The minimum absolute atomic E-state index is 0.0410. The Balaban J connectivity index is 2.27. The van der Waals surface area contributed by atoms with Crippen LogP contribution >= 0.6 is 11.3 Å². The average Bonchev–Trinajstić information content (AvgIpc) is 2.88. The van der Waals surface area contributed by atoms with Gasteiger partial charge in [0.2, 0.25) is 0 Å². The summed E-state index contributed by atoms with van der Waals surface area (Å²) in [5.41, 5.74) is 0.884. The van der Waals surface area contributed by atoms with Crippen LogP contribution in [0.15, 0.2) is 6.07 Å². The molecule has 0 fully saturated rings. The van der Waals surface area contributed by atoms with Crippen molar-refractivity contribution in [1.82, 2.24) is 14.7 Å². The SMILES string of the molecule is Cc1nn(C)c2sc(C(=O)N(C)C(C)CS(C)(=O)=O)cc12. The quantitative estimate of drug-likeness (QED) is 0.851. The third kappa shape index (κ3) is 3.26. The standard InChI is InChI=1S/C13H19N3O3S2/c1-8(7-21(5,18)19)15(3)12(17)11-6-10-9(2)14-16(4)13(10)20-11/h6,8H,7H2,1-5H3. The third-order valence-electron chi connectivity index (χ3n) is 3.43. The summed E-state index contributed by atoms with van der Waals surface area (Å²) in [7, 11) is 0.360. The van der Waals surface area contributed by atoms with Gasteiger partial charge in [-0.3, -0.25) is 9.48 Å². The second-order valence-corrected chi connectivity index (χ2v) is 8.61. The number of rotatable bonds is 4. The molecule has 0 bridgehead atoms. The molecule has 2 aromatic heterocycles. The highest BCUT2D eigenvalue weighted by atomic mass is 32.2. The van der Waals surface area contributed by atoms with Crippen LogP contribution in [-0.2, 0) is 16.9 Å². The van der Waals surface area contributed by atoms with Crippen molar-refractivity contribution in [2.45, 2.75) is 19.9 Å². The van der Waals surface area contributed by atoms with Gasteiger partial charge in [-0.25, -0.2) is 8.42 Å². The maximum Gasteiger partial charge on any atom is 0.264 e. The van der Waals surface area contributed by atoms with Crippen molar-refractivity contribution in [3.63, 3.8) is 0 Å². The Hall–Kier alpha value is -1.41. The zero-order valence-corrected chi connectivity index (χ0v) is 14.4. The molecule has 0 N–H and O–H groups in total. The van der Waals surface area contributed by atoms with E-state index >= 15 is 0 Å². The molecule has 0 aliphatic rings. The molecule has 21 heavy (non-hydrogen) atoms. The van der Waals surface area contributed by atoms with E-state index in [0.29, 0.717) is 4.88 Å². The fraction of sp³-hybridized carbons (Fsp3) is 0.538. The number of amides is 1. The van der Waals surface area contributed by atoms with E-state index in [0.717, 1.165) is 15.9 Å². The molecule has 1 unspecified atom stereocenters. The molecule has 1 atom stereocenters.